The second-order valence-corrected chi connectivity index (χ2v) is 3.64. The number of rotatable bonds is 7. The molecule has 0 aliphatic rings. The Morgan fingerprint density at radius 2 is 2.21 bits per heavy atom. The molecule has 0 bridgehead atoms. The quantitative estimate of drug-likeness (QED) is 0.673. The van der Waals surface area contributed by atoms with E-state index in [4.69, 9.17) is 4.42 Å². The predicted octanol–water partition coefficient (Wildman–Crippen LogP) is 3.51. The summed E-state index contributed by atoms with van der Waals surface area (Å²) in [5.74, 6) is 1.06. The van der Waals surface area contributed by atoms with E-state index in [9.17, 15) is 0 Å². The number of nitrogens with one attached hydrogen (secondary N) is 1. The van der Waals surface area contributed by atoms with Crippen molar-refractivity contribution in [3.05, 3.63) is 24.2 Å². The zero-order valence-electron chi connectivity index (χ0n) is 9.25. The van der Waals surface area contributed by atoms with Gasteiger partial charge >= 0.3 is 0 Å². The van der Waals surface area contributed by atoms with Gasteiger partial charge in [-0.1, -0.05) is 26.7 Å². The van der Waals surface area contributed by atoms with Gasteiger partial charge in [-0.3, -0.25) is 0 Å². The highest BCUT2D eigenvalue weighted by Crippen LogP contribution is 2.16. The van der Waals surface area contributed by atoms with Crippen LogP contribution in [0.25, 0.3) is 0 Å². The molecule has 0 aromatic carbocycles. The molecular formula is C12H21NO. The maximum Gasteiger partial charge on any atom is 0.120 e. The fourth-order valence-electron chi connectivity index (χ4n) is 1.59. The Morgan fingerprint density at radius 3 is 2.79 bits per heavy atom. The van der Waals surface area contributed by atoms with Gasteiger partial charge in [0.05, 0.1) is 12.3 Å². The number of hydrogen-bond acceptors (Lipinski definition) is 2. The topological polar surface area (TPSA) is 25.2 Å². The summed E-state index contributed by atoms with van der Waals surface area (Å²) in [6.45, 7) is 5.50. The van der Waals surface area contributed by atoms with Crippen molar-refractivity contribution < 1.29 is 4.42 Å². The second kappa shape index (κ2) is 6.66. The number of furan rings is 1. The van der Waals surface area contributed by atoms with E-state index >= 15 is 0 Å². The van der Waals surface area contributed by atoms with Gasteiger partial charge in [-0.25, -0.2) is 0 Å². The monoisotopic (exact) mass is 195 g/mol. The van der Waals surface area contributed by atoms with Crippen molar-refractivity contribution in [2.45, 2.75) is 45.6 Å². The van der Waals surface area contributed by atoms with Crippen molar-refractivity contribution in [1.29, 1.82) is 0 Å². The van der Waals surface area contributed by atoms with Gasteiger partial charge in [-0.05, 0) is 31.5 Å². The molecule has 14 heavy (non-hydrogen) atoms. The summed E-state index contributed by atoms with van der Waals surface area (Å²) in [6.07, 6.45) is 6.67. The van der Waals surface area contributed by atoms with Crippen molar-refractivity contribution >= 4 is 0 Å². The Balaban J connectivity index is 2.26. The lowest BCUT2D eigenvalue weighted by atomic mass is 10.1. The molecule has 0 radical (unpaired) electrons. The van der Waals surface area contributed by atoms with Crippen molar-refractivity contribution in [3.8, 4) is 0 Å². The second-order valence-electron chi connectivity index (χ2n) is 3.64. The smallest absolute Gasteiger partial charge is 0.120 e. The van der Waals surface area contributed by atoms with Gasteiger partial charge in [0.25, 0.3) is 0 Å². The largest absolute Gasteiger partial charge is 0.468 e. The average Bonchev–Trinajstić information content (AvgIpc) is 2.71. The van der Waals surface area contributed by atoms with Gasteiger partial charge in [-0.15, -0.1) is 0 Å². The van der Waals surface area contributed by atoms with E-state index in [1.807, 2.05) is 12.1 Å². The van der Waals surface area contributed by atoms with Crippen LogP contribution >= 0.6 is 0 Å². The van der Waals surface area contributed by atoms with Gasteiger partial charge < -0.3 is 9.73 Å². The van der Waals surface area contributed by atoms with E-state index in [0.717, 1.165) is 18.7 Å². The SMILES string of the molecule is CCCCCNC(CC)c1ccco1. The third-order valence-electron chi connectivity index (χ3n) is 2.47. The molecule has 0 fully saturated rings. The molecule has 80 valence electrons. The Labute approximate surface area is 86.7 Å². The summed E-state index contributed by atoms with van der Waals surface area (Å²) in [5.41, 5.74) is 0. The van der Waals surface area contributed by atoms with Gasteiger partial charge in [0.2, 0.25) is 0 Å². The van der Waals surface area contributed by atoms with E-state index in [0.29, 0.717) is 6.04 Å². The predicted molar refractivity (Wildman–Crippen MR) is 59.3 cm³/mol. The molecular weight excluding hydrogens is 174 g/mol. The molecule has 0 spiro atoms. The van der Waals surface area contributed by atoms with Crippen molar-refractivity contribution in [2.24, 2.45) is 0 Å². The fraction of sp³-hybridized carbons (Fsp3) is 0.667. The van der Waals surface area contributed by atoms with Crippen molar-refractivity contribution in [2.75, 3.05) is 6.54 Å². The Bertz CT molecular complexity index is 218. The molecule has 0 saturated carbocycles. The zero-order valence-corrected chi connectivity index (χ0v) is 9.25. The molecule has 0 aliphatic heterocycles. The highest BCUT2D eigenvalue weighted by atomic mass is 16.3. The minimum absolute atomic E-state index is 0.391. The lowest BCUT2D eigenvalue weighted by Gasteiger charge is -2.13. The van der Waals surface area contributed by atoms with E-state index < -0.39 is 0 Å². The van der Waals surface area contributed by atoms with E-state index in [2.05, 4.69) is 19.2 Å². The first kappa shape index (κ1) is 11.3. The number of hydrogen-bond donors (Lipinski definition) is 1. The van der Waals surface area contributed by atoms with Crippen LogP contribution in [-0.4, -0.2) is 6.54 Å². The molecule has 0 aliphatic carbocycles. The first-order valence-corrected chi connectivity index (χ1v) is 5.65. The van der Waals surface area contributed by atoms with Crippen LogP contribution in [0.2, 0.25) is 0 Å². The molecule has 1 atom stereocenters. The van der Waals surface area contributed by atoms with Crippen LogP contribution in [0.15, 0.2) is 22.8 Å². The highest BCUT2D eigenvalue weighted by molar-refractivity contribution is 5.03. The summed E-state index contributed by atoms with van der Waals surface area (Å²) < 4.78 is 5.38. The summed E-state index contributed by atoms with van der Waals surface area (Å²) in [6, 6.07) is 4.38. The minimum Gasteiger partial charge on any atom is -0.468 e. The minimum atomic E-state index is 0.391. The van der Waals surface area contributed by atoms with Gasteiger partial charge in [-0.2, -0.15) is 0 Å². The number of unbranched alkanes of at least 4 members (excludes halogenated alkanes) is 2. The third-order valence-corrected chi connectivity index (χ3v) is 2.47. The van der Waals surface area contributed by atoms with E-state index in [1.165, 1.54) is 19.3 Å². The van der Waals surface area contributed by atoms with Crippen LogP contribution in [0.5, 0.6) is 0 Å². The molecule has 0 saturated heterocycles. The molecule has 1 N–H and O–H groups in total. The summed E-state index contributed by atoms with van der Waals surface area (Å²) in [4.78, 5) is 0. The molecule has 1 heterocycles. The molecule has 1 aromatic rings. The third kappa shape index (κ3) is 3.54. The van der Waals surface area contributed by atoms with Gasteiger partial charge in [0.15, 0.2) is 0 Å². The van der Waals surface area contributed by atoms with Crippen molar-refractivity contribution in [1.82, 2.24) is 5.32 Å². The first-order chi connectivity index (χ1) is 6.88. The molecule has 1 aromatic heterocycles. The normalized spacial score (nSPS) is 13.0. The van der Waals surface area contributed by atoms with Gasteiger partial charge in [0, 0.05) is 0 Å². The average molecular weight is 195 g/mol. The molecule has 2 nitrogen and oxygen atoms in total. The van der Waals surface area contributed by atoms with Crippen LogP contribution in [0, 0.1) is 0 Å². The summed E-state index contributed by atoms with van der Waals surface area (Å²) >= 11 is 0. The maximum atomic E-state index is 5.38. The van der Waals surface area contributed by atoms with Crippen LogP contribution in [0.4, 0.5) is 0 Å². The maximum absolute atomic E-state index is 5.38. The Hall–Kier alpha value is -0.760. The molecule has 1 unspecified atom stereocenters. The van der Waals surface area contributed by atoms with E-state index in [1.54, 1.807) is 6.26 Å². The van der Waals surface area contributed by atoms with Crippen LogP contribution < -0.4 is 5.32 Å². The lowest BCUT2D eigenvalue weighted by Crippen LogP contribution is -2.21. The Kier molecular flexibility index (Phi) is 5.38. The fourth-order valence-corrected chi connectivity index (χ4v) is 1.59. The summed E-state index contributed by atoms with van der Waals surface area (Å²) in [7, 11) is 0. The first-order valence-electron chi connectivity index (χ1n) is 5.65. The van der Waals surface area contributed by atoms with Crippen LogP contribution in [0.3, 0.4) is 0 Å². The van der Waals surface area contributed by atoms with Crippen LogP contribution in [-0.2, 0) is 0 Å². The standard InChI is InChI=1S/C12H21NO/c1-3-5-6-9-13-11(4-2)12-8-7-10-14-12/h7-8,10-11,13H,3-6,9H2,1-2H3. The molecule has 1 rings (SSSR count). The van der Waals surface area contributed by atoms with E-state index in [-0.39, 0.29) is 0 Å². The summed E-state index contributed by atoms with van der Waals surface area (Å²) in [5, 5.41) is 3.51. The lowest BCUT2D eigenvalue weighted by molar-refractivity contribution is 0.401. The molecule has 0 amide bonds. The van der Waals surface area contributed by atoms with Crippen molar-refractivity contribution in [3.63, 3.8) is 0 Å². The van der Waals surface area contributed by atoms with Crippen LogP contribution in [0.1, 0.15) is 51.3 Å². The molecule has 2 heteroatoms. The zero-order chi connectivity index (χ0) is 10.2. The Morgan fingerprint density at radius 1 is 1.36 bits per heavy atom. The van der Waals surface area contributed by atoms with Gasteiger partial charge in [0.1, 0.15) is 5.76 Å². The highest BCUT2D eigenvalue weighted by Gasteiger charge is 2.09.